The Hall–Kier alpha value is -2.34. The summed E-state index contributed by atoms with van der Waals surface area (Å²) >= 11 is 6.31. The highest BCUT2D eigenvalue weighted by molar-refractivity contribution is 7.89. The fraction of sp³-hybridized carbons (Fsp3) is 0.519. The van der Waals surface area contributed by atoms with E-state index in [1.807, 2.05) is 0 Å². The highest BCUT2D eigenvalue weighted by Crippen LogP contribution is 2.42. The summed E-state index contributed by atoms with van der Waals surface area (Å²) in [5.74, 6) is -0.702. The predicted octanol–water partition coefficient (Wildman–Crippen LogP) is 4.50. The van der Waals surface area contributed by atoms with E-state index < -0.39 is 33.3 Å². The maximum absolute atomic E-state index is 13.9. The maximum Gasteiger partial charge on any atom is 0.430 e. The lowest BCUT2D eigenvalue weighted by atomic mass is 9.78. The van der Waals surface area contributed by atoms with E-state index in [-0.39, 0.29) is 28.9 Å². The summed E-state index contributed by atoms with van der Waals surface area (Å²) < 4.78 is 67.8. The van der Waals surface area contributed by atoms with Crippen molar-refractivity contribution in [3.05, 3.63) is 59.1 Å². The quantitative estimate of drug-likeness (QED) is 0.538. The minimum absolute atomic E-state index is 0.0544. The van der Waals surface area contributed by atoms with Gasteiger partial charge in [0.1, 0.15) is 4.90 Å². The first kappa shape index (κ1) is 29.6. The van der Waals surface area contributed by atoms with Crippen molar-refractivity contribution in [2.45, 2.75) is 42.4 Å². The van der Waals surface area contributed by atoms with E-state index in [0.717, 1.165) is 53.0 Å². The molecule has 0 aromatic heterocycles. The lowest BCUT2D eigenvalue weighted by Crippen LogP contribution is -2.57. The molecule has 4 rings (SSSR count). The molecule has 2 aliphatic rings. The second-order valence-electron chi connectivity index (χ2n) is 10.4. The van der Waals surface area contributed by atoms with E-state index in [1.165, 1.54) is 38.4 Å². The van der Waals surface area contributed by atoms with Gasteiger partial charge in [0.05, 0.1) is 5.02 Å². The van der Waals surface area contributed by atoms with Gasteiger partial charge in [0.15, 0.2) is 0 Å². The van der Waals surface area contributed by atoms with Crippen LogP contribution in [0.5, 0.6) is 0 Å². The van der Waals surface area contributed by atoms with Crippen LogP contribution in [0, 0.1) is 11.8 Å². The zero-order chi connectivity index (χ0) is 28.6. The van der Waals surface area contributed by atoms with Gasteiger partial charge in [-0.25, -0.2) is 12.7 Å². The lowest BCUT2D eigenvalue weighted by Gasteiger charge is -2.42. The molecule has 0 saturated carbocycles. The monoisotopic (exact) mass is 587 g/mol. The number of rotatable bonds is 6. The number of hydrogen-bond donors (Lipinski definition) is 1. The van der Waals surface area contributed by atoms with Crippen LogP contribution in [-0.2, 0) is 20.4 Å². The Morgan fingerprint density at radius 2 is 1.49 bits per heavy atom. The Balaban J connectivity index is 1.35. The molecule has 2 fully saturated rings. The fourth-order valence-corrected chi connectivity index (χ4v) is 7.02. The standard InChI is InChI=1S/C27H33ClF3N3O4S/c1-32(2)39(37,38)24-9-8-22(18-23(24)28)33-14-10-19(11-15-33)20-12-16-34(17-13-20)25(35)26(36,27(29,30)31)21-6-4-3-5-7-21/h3-9,18-20,36H,10-17H2,1-2H3/t26-/m1/s1. The van der Waals surface area contributed by atoms with Gasteiger partial charge in [-0.2, -0.15) is 13.2 Å². The van der Waals surface area contributed by atoms with Gasteiger partial charge in [0.25, 0.3) is 11.5 Å². The molecule has 2 heterocycles. The van der Waals surface area contributed by atoms with E-state index in [2.05, 4.69) is 4.90 Å². The molecule has 2 aliphatic heterocycles. The second kappa shape index (κ2) is 11.3. The van der Waals surface area contributed by atoms with E-state index in [9.17, 15) is 31.5 Å². The molecule has 214 valence electrons. The number of benzene rings is 2. The first-order valence-electron chi connectivity index (χ1n) is 12.9. The molecule has 12 heteroatoms. The van der Waals surface area contributed by atoms with E-state index in [4.69, 9.17) is 11.6 Å². The van der Waals surface area contributed by atoms with Gasteiger partial charge in [-0.15, -0.1) is 0 Å². The van der Waals surface area contributed by atoms with Crippen molar-refractivity contribution in [3.63, 3.8) is 0 Å². The number of piperidine rings is 2. The molecule has 2 aromatic rings. The number of aliphatic hydroxyl groups is 1. The summed E-state index contributed by atoms with van der Waals surface area (Å²) in [7, 11) is -0.748. The Morgan fingerprint density at radius 1 is 0.949 bits per heavy atom. The van der Waals surface area contributed by atoms with E-state index in [0.29, 0.717) is 18.8 Å². The Bertz CT molecular complexity index is 1280. The third-order valence-electron chi connectivity index (χ3n) is 7.98. The number of hydrogen-bond acceptors (Lipinski definition) is 5. The van der Waals surface area contributed by atoms with Crippen molar-refractivity contribution >= 4 is 33.2 Å². The number of sulfonamides is 1. The topological polar surface area (TPSA) is 81.2 Å². The number of alkyl halides is 3. The van der Waals surface area contributed by atoms with Crippen LogP contribution < -0.4 is 4.90 Å². The maximum atomic E-state index is 13.9. The van der Waals surface area contributed by atoms with Crippen LogP contribution in [0.1, 0.15) is 31.2 Å². The fourth-order valence-electron chi connectivity index (χ4n) is 5.61. The minimum atomic E-state index is -5.15. The number of carbonyl (C=O) groups is 1. The van der Waals surface area contributed by atoms with E-state index in [1.54, 1.807) is 12.1 Å². The summed E-state index contributed by atoms with van der Waals surface area (Å²) in [6.07, 6.45) is -2.27. The summed E-state index contributed by atoms with van der Waals surface area (Å²) in [5, 5.41) is 10.8. The van der Waals surface area contributed by atoms with Gasteiger partial charge in [0.2, 0.25) is 10.0 Å². The Kier molecular flexibility index (Phi) is 8.56. The molecule has 0 radical (unpaired) electrons. The van der Waals surface area contributed by atoms with Crippen LogP contribution in [0.15, 0.2) is 53.4 Å². The van der Waals surface area contributed by atoms with E-state index >= 15 is 0 Å². The number of halogens is 4. The van der Waals surface area contributed by atoms with Crippen LogP contribution in [0.3, 0.4) is 0 Å². The van der Waals surface area contributed by atoms with Gasteiger partial charge in [0, 0.05) is 51.5 Å². The molecule has 0 bridgehead atoms. The zero-order valence-corrected chi connectivity index (χ0v) is 23.4. The van der Waals surface area contributed by atoms with Crippen LogP contribution in [0.4, 0.5) is 18.9 Å². The smallest absolute Gasteiger partial charge is 0.371 e. The highest BCUT2D eigenvalue weighted by atomic mass is 35.5. The van der Waals surface area contributed by atoms with Crippen molar-refractivity contribution in [1.82, 2.24) is 9.21 Å². The van der Waals surface area contributed by atoms with Crippen LogP contribution in [0.25, 0.3) is 0 Å². The molecule has 0 spiro atoms. The van der Waals surface area contributed by atoms with Crippen molar-refractivity contribution < 1.29 is 31.5 Å². The SMILES string of the molecule is CN(C)S(=O)(=O)c1ccc(N2CCC(C3CCN(C(=O)[C@](O)(c4ccccc4)C(F)(F)F)CC3)CC2)cc1Cl. The average molecular weight is 588 g/mol. The molecule has 39 heavy (non-hydrogen) atoms. The second-order valence-corrected chi connectivity index (χ2v) is 13.0. The van der Waals surface area contributed by atoms with Crippen molar-refractivity contribution in [1.29, 1.82) is 0 Å². The molecule has 7 nitrogen and oxygen atoms in total. The normalized spacial score (nSPS) is 19.8. The van der Waals surface area contributed by atoms with Crippen LogP contribution in [0.2, 0.25) is 5.02 Å². The summed E-state index contributed by atoms with van der Waals surface area (Å²) in [6.45, 7) is 1.79. The minimum Gasteiger partial charge on any atom is -0.371 e. The number of nitrogens with zero attached hydrogens (tertiary/aromatic N) is 3. The molecular weight excluding hydrogens is 555 g/mol. The van der Waals surface area contributed by atoms with Gasteiger partial charge in [-0.1, -0.05) is 41.9 Å². The van der Waals surface area contributed by atoms with Gasteiger partial charge >= 0.3 is 6.18 Å². The highest BCUT2D eigenvalue weighted by Gasteiger charge is 2.62. The van der Waals surface area contributed by atoms with Crippen molar-refractivity contribution in [2.24, 2.45) is 11.8 Å². The molecular formula is C27H33ClF3N3O4S. The molecule has 2 aromatic carbocycles. The molecule has 2 saturated heterocycles. The lowest BCUT2D eigenvalue weighted by molar-refractivity contribution is -0.262. The third-order valence-corrected chi connectivity index (χ3v) is 10.3. The van der Waals surface area contributed by atoms with Crippen molar-refractivity contribution in [3.8, 4) is 0 Å². The third kappa shape index (κ3) is 5.77. The molecule has 1 atom stereocenters. The average Bonchev–Trinajstić information content (AvgIpc) is 2.92. The van der Waals surface area contributed by atoms with Gasteiger partial charge in [-0.05, 0) is 55.7 Å². The summed E-state index contributed by atoms with van der Waals surface area (Å²) in [4.78, 5) is 16.3. The number of likely N-dealkylation sites (tertiary alicyclic amines) is 1. The molecule has 0 aliphatic carbocycles. The Morgan fingerprint density at radius 3 is 1.97 bits per heavy atom. The number of carbonyl (C=O) groups excluding carboxylic acids is 1. The first-order valence-corrected chi connectivity index (χ1v) is 14.7. The zero-order valence-electron chi connectivity index (χ0n) is 21.9. The predicted molar refractivity (Wildman–Crippen MR) is 143 cm³/mol. The summed E-state index contributed by atoms with van der Waals surface area (Å²) in [6, 6.07) is 11.4. The number of anilines is 1. The Labute approximate surface area is 232 Å². The first-order chi connectivity index (χ1) is 18.3. The van der Waals surface area contributed by atoms with Gasteiger partial charge in [-0.3, -0.25) is 4.79 Å². The summed E-state index contributed by atoms with van der Waals surface area (Å²) in [5.41, 5.74) is -3.22. The number of amides is 1. The van der Waals surface area contributed by atoms with Crippen LogP contribution in [-0.4, -0.2) is 75.1 Å². The molecule has 0 unspecified atom stereocenters. The largest absolute Gasteiger partial charge is 0.430 e. The van der Waals surface area contributed by atoms with Crippen molar-refractivity contribution in [2.75, 3.05) is 45.2 Å². The van der Waals surface area contributed by atoms with Crippen LogP contribution >= 0.6 is 11.6 Å². The van der Waals surface area contributed by atoms with Gasteiger partial charge < -0.3 is 14.9 Å². The molecule has 1 N–H and O–H groups in total. The molecule has 1 amide bonds.